The highest BCUT2D eigenvalue weighted by Gasteiger charge is 2.16. The van der Waals surface area contributed by atoms with E-state index in [2.05, 4.69) is 33.1 Å². The summed E-state index contributed by atoms with van der Waals surface area (Å²) >= 11 is 7.62. The normalized spacial score (nSPS) is 11.1. The van der Waals surface area contributed by atoms with Crippen LogP contribution in [0.4, 0.5) is 0 Å². The van der Waals surface area contributed by atoms with E-state index in [4.69, 9.17) is 16.3 Å². The molecule has 4 aromatic rings. The van der Waals surface area contributed by atoms with Gasteiger partial charge in [0.05, 0.1) is 12.3 Å². The Morgan fingerprint density at radius 3 is 2.83 bits per heavy atom. The third kappa shape index (κ3) is 4.19. The Morgan fingerprint density at radius 2 is 2.00 bits per heavy atom. The number of para-hydroxylation sites is 1. The molecule has 0 radical (unpaired) electrons. The molecule has 0 saturated heterocycles. The number of carbonyl (C=O) groups is 1. The van der Waals surface area contributed by atoms with Gasteiger partial charge in [-0.25, -0.2) is 4.98 Å². The maximum atomic E-state index is 12.6. The van der Waals surface area contributed by atoms with Gasteiger partial charge in [0.25, 0.3) is 5.91 Å². The number of hydrogen-bond donors (Lipinski definition) is 1. The number of hydrogen-bond acceptors (Lipinski definition) is 4. The van der Waals surface area contributed by atoms with Gasteiger partial charge in [-0.1, -0.05) is 48.0 Å². The molecule has 0 bridgehead atoms. The zero-order chi connectivity index (χ0) is 20.2. The van der Waals surface area contributed by atoms with Crippen LogP contribution < -0.4 is 5.32 Å². The fourth-order valence-electron chi connectivity index (χ4n) is 3.21. The summed E-state index contributed by atoms with van der Waals surface area (Å²) in [7, 11) is 1.69. The number of amides is 1. The second-order valence-corrected chi connectivity index (χ2v) is 7.81. The van der Waals surface area contributed by atoms with E-state index in [-0.39, 0.29) is 5.91 Å². The highest BCUT2D eigenvalue weighted by atomic mass is 35.5. The van der Waals surface area contributed by atoms with E-state index in [1.54, 1.807) is 12.5 Å². The van der Waals surface area contributed by atoms with Gasteiger partial charge in [-0.15, -0.1) is 11.3 Å². The molecule has 0 fully saturated rings. The highest BCUT2D eigenvalue weighted by Crippen LogP contribution is 2.30. The molecule has 2 aromatic carbocycles. The van der Waals surface area contributed by atoms with Crippen LogP contribution in [-0.2, 0) is 17.8 Å². The van der Waals surface area contributed by atoms with Crippen LogP contribution in [0.1, 0.15) is 16.1 Å². The van der Waals surface area contributed by atoms with Crippen molar-refractivity contribution in [2.24, 2.45) is 0 Å². The molecule has 1 amide bonds. The van der Waals surface area contributed by atoms with Gasteiger partial charge in [0.2, 0.25) is 0 Å². The van der Waals surface area contributed by atoms with Crippen LogP contribution >= 0.6 is 22.9 Å². The molecule has 0 unspecified atom stereocenters. The number of ether oxygens (including phenoxy) is 1. The lowest BCUT2D eigenvalue weighted by Crippen LogP contribution is -2.23. The van der Waals surface area contributed by atoms with Gasteiger partial charge < -0.3 is 14.6 Å². The summed E-state index contributed by atoms with van der Waals surface area (Å²) in [6.45, 7) is 1.68. The van der Waals surface area contributed by atoms with Crippen LogP contribution in [-0.4, -0.2) is 29.2 Å². The molecule has 4 rings (SSSR count). The van der Waals surface area contributed by atoms with Crippen molar-refractivity contribution in [2.75, 3.05) is 13.7 Å². The number of thiazole rings is 1. The predicted molar refractivity (Wildman–Crippen MR) is 118 cm³/mol. The van der Waals surface area contributed by atoms with Gasteiger partial charge in [-0.2, -0.15) is 0 Å². The summed E-state index contributed by atoms with van der Waals surface area (Å²) in [6.07, 6.45) is 0. The monoisotopic (exact) mass is 425 g/mol. The Balaban J connectivity index is 1.57. The molecular weight excluding hydrogens is 406 g/mol. The first-order chi connectivity index (χ1) is 14.2. The SMILES string of the molecule is COCCn1c(-c2nc(C(=O)NCc3ccccc3Cl)cs2)cc2ccccc21. The predicted octanol–water partition coefficient (Wildman–Crippen LogP) is 4.99. The third-order valence-electron chi connectivity index (χ3n) is 4.68. The number of halogens is 1. The zero-order valence-corrected chi connectivity index (χ0v) is 17.5. The van der Waals surface area contributed by atoms with E-state index in [1.807, 2.05) is 36.4 Å². The van der Waals surface area contributed by atoms with Crippen molar-refractivity contribution in [1.82, 2.24) is 14.9 Å². The Bertz CT molecular complexity index is 1150. The Labute approximate surface area is 177 Å². The quantitative estimate of drug-likeness (QED) is 0.453. The van der Waals surface area contributed by atoms with Crippen molar-refractivity contribution in [2.45, 2.75) is 13.1 Å². The average molecular weight is 426 g/mol. The number of rotatable bonds is 7. The van der Waals surface area contributed by atoms with Crippen LogP contribution in [0, 0.1) is 0 Å². The molecule has 0 aliphatic heterocycles. The minimum Gasteiger partial charge on any atom is -0.383 e. The number of nitrogens with one attached hydrogen (secondary N) is 1. The van der Waals surface area contributed by atoms with Gasteiger partial charge in [0.1, 0.15) is 10.7 Å². The van der Waals surface area contributed by atoms with Crippen LogP contribution in [0.15, 0.2) is 60.0 Å². The maximum absolute atomic E-state index is 12.6. The number of aromatic nitrogens is 2. The first-order valence-corrected chi connectivity index (χ1v) is 10.5. The zero-order valence-electron chi connectivity index (χ0n) is 15.9. The average Bonchev–Trinajstić information content (AvgIpc) is 3.36. The molecule has 0 spiro atoms. The Kier molecular flexibility index (Phi) is 5.94. The summed E-state index contributed by atoms with van der Waals surface area (Å²) in [5.41, 5.74) is 3.39. The summed E-state index contributed by atoms with van der Waals surface area (Å²) in [6, 6.07) is 17.8. The minimum atomic E-state index is -0.216. The number of carbonyl (C=O) groups excluding carboxylic acids is 1. The van der Waals surface area contributed by atoms with E-state index in [0.717, 1.165) is 27.2 Å². The number of fused-ring (bicyclic) bond motifs is 1. The molecule has 148 valence electrons. The molecule has 2 heterocycles. The highest BCUT2D eigenvalue weighted by molar-refractivity contribution is 7.13. The maximum Gasteiger partial charge on any atom is 0.271 e. The van der Waals surface area contributed by atoms with Crippen molar-refractivity contribution in [3.05, 3.63) is 76.3 Å². The topological polar surface area (TPSA) is 56.2 Å². The summed E-state index contributed by atoms with van der Waals surface area (Å²) in [4.78, 5) is 17.2. The second kappa shape index (κ2) is 8.78. The van der Waals surface area contributed by atoms with Gasteiger partial charge in [0.15, 0.2) is 0 Å². The van der Waals surface area contributed by atoms with E-state index in [0.29, 0.717) is 30.4 Å². The first kappa shape index (κ1) is 19.6. The van der Waals surface area contributed by atoms with Gasteiger partial charge in [0, 0.05) is 41.5 Å². The van der Waals surface area contributed by atoms with Crippen molar-refractivity contribution in [3.63, 3.8) is 0 Å². The van der Waals surface area contributed by atoms with Crippen molar-refractivity contribution >= 4 is 39.7 Å². The first-order valence-electron chi connectivity index (χ1n) is 9.22. The fourth-order valence-corrected chi connectivity index (χ4v) is 4.24. The van der Waals surface area contributed by atoms with E-state index in [1.165, 1.54) is 11.3 Å². The molecule has 7 heteroatoms. The standard InChI is InChI=1S/C22H20ClN3O2S/c1-28-11-10-26-19-9-5-3-6-15(19)12-20(26)22-25-18(14-29-22)21(27)24-13-16-7-2-4-8-17(16)23/h2-9,12,14H,10-11,13H2,1H3,(H,24,27). The van der Waals surface area contributed by atoms with Crippen molar-refractivity contribution in [1.29, 1.82) is 0 Å². The van der Waals surface area contributed by atoms with Gasteiger partial charge in [-0.3, -0.25) is 4.79 Å². The minimum absolute atomic E-state index is 0.216. The second-order valence-electron chi connectivity index (χ2n) is 6.54. The molecular formula is C22H20ClN3O2S. The number of benzene rings is 2. The number of nitrogens with zero attached hydrogens (tertiary/aromatic N) is 2. The molecule has 5 nitrogen and oxygen atoms in total. The largest absolute Gasteiger partial charge is 0.383 e. The molecule has 1 N–H and O–H groups in total. The fraction of sp³-hybridized carbons (Fsp3) is 0.182. The summed E-state index contributed by atoms with van der Waals surface area (Å²) < 4.78 is 7.45. The van der Waals surface area contributed by atoms with Crippen molar-refractivity contribution < 1.29 is 9.53 Å². The summed E-state index contributed by atoms with van der Waals surface area (Å²) in [5, 5.41) is 7.25. The molecule has 0 aliphatic carbocycles. The Hall–Kier alpha value is -2.67. The van der Waals surface area contributed by atoms with Crippen LogP contribution in [0.5, 0.6) is 0 Å². The van der Waals surface area contributed by atoms with E-state index < -0.39 is 0 Å². The Morgan fingerprint density at radius 1 is 1.21 bits per heavy atom. The van der Waals surface area contributed by atoms with Crippen LogP contribution in [0.25, 0.3) is 21.6 Å². The smallest absolute Gasteiger partial charge is 0.271 e. The van der Waals surface area contributed by atoms with E-state index in [9.17, 15) is 4.79 Å². The molecule has 0 atom stereocenters. The summed E-state index contributed by atoms with van der Waals surface area (Å²) in [5.74, 6) is -0.216. The molecule has 0 saturated carbocycles. The molecule has 29 heavy (non-hydrogen) atoms. The third-order valence-corrected chi connectivity index (χ3v) is 5.92. The van der Waals surface area contributed by atoms with E-state index >= 15 is 0 Å². The van der Waals surface area contributed by atoms with Gasteiger partial charge >= 0.3 is 0 Å². The molecule has 0 aliphatic rings. The lowest BCUT2D eigenvalue weighted by molar-refractivity contribution is 0.0946. The number of methoxy groups -OCH3 is 1. The van der Waals surface area contributed by atoms with Crippen LogP contribution in [0.3, 0.4) is 0 Å². The molecule has 2 aromatic heterocycles. The van der Waals surface area contributed by atoms with Crippen molar-refractivity contribution in [3.8, 4) is 10.7 Å². The van der Waals surface area contributed by atoms with Crippen LogP contribution in [0.2, 0.25) is 5.02 Å². The lowest BCUT2D eigenvalue weighted by atomic mass is 10.2. The lowest BCUT2D eigenvalue weighted by Gasteiger charge is -2.08. The van der Waals surface area contributed by atoms with Gasteiger partial charge in [-0.05, 0) is 23.8 Å².